The highest BCUT2D eigenvalue weighted by Gasteiger charge is 2.33. The predicted octanol–water partition coefficient (Wildman–Crippen LogP) is 5.77. The van der Waals surface area contributed by atoms with Crippen molar-refractivity contribution in [3.05, 3.63) is 63.1 Å². The minimum atomic E-state index is -0.643. The van der Waals surface area contributed by atoms with Gasteiger partial charge in [0.1, 0.15) is 0 Å². The van der Waals surface area contributed by atoms with Gasteiger partial charge in [0.25, 0.3) is 0 Å². The van der Waals surface area contributed by atoms with Gasteiger partial charge in [-0.3, -0.25) is 9.69 Å². The Morgan fingerprint density at radius 1 is 0.968 bits per heavy atom. The zero-order valence-electron chi connectivity index (χ0n) is 17.6. The standard InChI is InChI=1S/C25H28Cl2N2O2/c26-22-2-1-3-23(27)24(22)29-14-20(15-29)18-6-7-19(21(12-18)16-4-5-16)13-28-10-8-17(9-11-28)25(30)31/h1-3,6-7,12,16-17,20H,4-5,8-11,13-15H2,(H,30,31). The number of rotatable bonds is 6. The fourth-order valence-electron chi connectivity index (χ4n) is 5.03. The quantitative estimate of drug-likeness (QED) is 0.596. The Kier molecular flexibility index (Phi) is 5.89. The van der Waals surface area contributed by atoms with Gasteiger partial charge in [0.15, 0.2) is 0 Å². The van der Waals surface area contributed by atoms with Crippen LogP contribution in [0.2, 0.25) is 10.0 Å². The number of carbonyl (C=O) groups is 1. The monoisotopic (exact) mass is 458 g/mol. The van der Waals surface area contributed by atoms with Crippen LogP contribution in [-0.2, 0) is 11.3 Å². The average molecular weight is 459 g/mol. The summed E-state index contributed by atoms with van der Waals surface area (Å²) in [4.78, 5) is 15.9. The summed E-state index contributed by atoms with van der Waals surface area (Å²) in [6, 6.07) is 12.7. The van der Waals surface area contributed by atoms with Crippen molar-refractivity contribution in [3.8, 4) is 0 Å². The van der Waals surface area contributed by atoms with Crippen molar-refractivity contribution in [2.45, 2.75) is 44.1 Å². The molecule has 2 heterocycles. The molecule has 1 saturated carbocycles. The summed E-state index contributed by atoms with van der Waals surface area (Å²) in [5, 5.41) is 10.7. The molecule has 31 heavy (non-hydrogen) atoms. The molecule has 0 bridgehead atoms. The molecule has 164 valence electrons. The summed E-state index contributed by atoms with van der Waals surface area (Å²) in [7, 11) is 0. The molecule has 0 radical (unpaired) electrons. The lowest BCUT2D eigenvalue weighted by atomic mass is 9.87. The fourth-order valence-corrected chi connectivity index (χ4v) is 5.66. The molecule has 1 N–H and O–H groups in total. The molecule has 2 saturated heterocycles. The molecule has 3 fully saturated rings. The van der Waals surface area contributed by atoms with Gasteiger partial charge in [-0.15, -0.1) is 0 Å². The molecule has 0 atom stereocenters. The average Bonchev–Trinajstić information content (AvgIpc) is 3.55. The topological polar surface area (TPSA) is 43.8 Å². The molecule has 0 aromatic heterocycles. The van der Waals surface area contributed by atoms with Crippen LogP contribution in [0.1, 0.15) is 54.2 Å². The maximum atomic E-state index is 11.2. The molecule has 2 aromatic rings. The molecule has 3 aliphatic rings. The molecule has 2 aromatic carbocycles. The number of carboxylic acids is 1. The van der Waals surface area contributed by atoms with Crippen molar-refractivity contribution < 1.29 is 9.90 Å². The van der Waals surface area contributed by atoms with E-state index in [9.17, 15) is 9.90 Å². The number of anilines is 1. The van der Waals surface area contributed by atoms with Crippen molar-refractivity contribution in [1.29, 1.82) is 0 Å². The molecule has 2 aliphatic heterocycles. The van der Waals surface area contributed by atoms with Crippen LogP contribution in [0.15, 0.2) is 36.4 Å². The van der Waals surface area contributed by atoms with E-state index in [0.29, 0.717) is 21.9 Å². The Labute approximate surface area is 193 Å². The van der Waals surface area contributed by atoms with Gasteiger partial charge in [-0.05, 0) is 73.5 Å². The Morgan fingerprint density at radius 3 is 2.26 bits per heavy atom. The van der Waals surface area contributed by atoms with Crippen LogP contribution in [0.3, 0.4) is 0 Å². The number of likely N-dealkylation sites (tertiary alicyclic amines) is 1. The second kappa shape index (κ2) is 8.65. The van der Waals surface area contributed by atoms with E-state index in [-0.39, 0.29) is 5.92 Å². The summed E-state index contributed by atoms with van der Waals surface area (Å²) in [5.74, 6) is 0.385. The first-order valence-corrected chi connectivity index (χ1v) is 12.0. The maximum Gasteiger partial charge on any atom is 0.306 e. The van der Waals surface area contributed by atoms with Gasteiger partial charge in [0, 0.05) is 25.6 Å². The highest BCUT2D eigenvalue weighted by molar-refractivity contribution is 6.39. The van der Waals surface area contributed by atoms with Crippen molar-refractivity contribution >= 4 is 34.9 Å². The van der Waals surface area contributed by atoms with Crippen LogP contribution >= 0.6 is 23.2 Å². The number of para-hydroxylation sites is 1. The minimum absolute atomic E-state index is 0.172. The number of hydrogen-bond donors (Lipinski definition) is 1. The number of piperidine rings is 1. The first-order chi connectivity index (χ1) is 15.0. The number of nitrogens with zero attached hydrogens (tertiary/aromatic N) is 2. The largest absolute Gasteiger partial charge is 0.481 e. The van der Waals surface area contributed by atoms with Gasteiger partial charge in [-0.2, -0.15) is 0 Å². The van der Waals surface area contributed by atoms with Crippen molar-refractivity contribution in [2.75, 3.05) is 31.1 Å². The first-order valence-electron chi connectivity index (χ1n) is 11.3. The zero-order valence-corrected chi connectivity index (χ0v) is 19.1. The van der Waals surface area contributed by atoms with E-state index in [0.717, 1.165) is 51.3 Å². The lowest BCUT2D eigenvalue weighted by molar-refractivity contribution is -0.143. The summed E-state index contributed by atoms with van der Waals surface area (Å²) >= 11 is 12.8. The fraction of sp³-hybridized carbons (Fsp3) is 0.480. The molecule has 6 heteroatoms. The molecule has 5 rings (SSSR count). The van der Waals surface area contributed by atoms with Gasteiger partial charge in [0.2, 0.25) is 0 Å². The van der Waals surface area contributed by atoms with Crippen molar-refractivity contribution in [3.63, 3.8) is 0 Å². The Morgan fingerprint density at radius 2 is 1.65 bits per heavy atom. The van der Waals surface area contributed by atoms with Gasteiger partial charge in [0.05, 0.1) is 21.7 Å². The lowest BCUT2D eigenvalue weighted by Crippen LogP contribution is -2.45. The van der Waals surface area contributed by atoms with Crippen LogP contribution in [-0.4, -0.2) is 42.2 Å². The van der Waals surface area contributed by atoms with Crippen LogP contribution in [0.5, 0.6) is 0 Å². The Balaban J connectivity index is 1.26. The second-order valence-corrected chi connectivity index (χ2v) is 10.1. The SMILES string of the molecule is O=C(O)C1CCN(Cc2ccc(C3CN(c4c(Cl)cccc4Cl)C3)cc2C2CC2)CC1. The molecule has 0 spiro atoms. The Hall–Kier alpha value is -1.75. The van der Waals surface area contributed by atoms with E-state index in [1.165, 1.54) is 29.5 Å². The van der Waals surface area contributed by atoms with E-state index >= 15 is 0 Å². The van der Waals surface area contributed by atoms with E-state index < -0.39 is 5.97 Å². The number of benzene rings is 2. The number of halogens is 2. The summed E-state index contributed by atoms with van der Waals surface area (Å²) in [5.41, 5.74) is 5.29. The third-order valence-corrected chi connectivity index (χ3v) is 7.73. The number of hydrogen-bond acceptors (Lipinski definition) is 3. The van der Waals surface area contributed by atoms with E-state index in [1.54, 1.807) is 0 Å². The minimum Gasteiger partial charge on any atom is -0.481 e. The van der Waals surface area contributed by atoms with Gasteiger partial charge in [-0.1, -0.05) is 47.5 Å². The molecule has 0 amide bonds. The number of carboxylic acid groups (broad SMARTS) is 1. The van der Waals surface area contributed by atoms with Gasteiger partial charge >= 0.3 is 5.97 Å². The van der Waals surface area contributed by atoms with Gasteiger partial charge < -0.3 is 10.0 Å². The summed E-state index contributed by atoms with van der Waals surface area (Å²) in [6.45, 7) is 4.56. The summed E-state index contributed by atoms with van der Waals surface area (Å²) < 4.78 is 0. The third kappa shape index (κ3) is 4.44. The van der Waals surface area contributed by atoms with E-state index in [2.05, 4.69) is 28.0 Å². The smallest absolute Gasteiger partial charge is 0.306 e. The molecular weight excluding hydrogens is 431 g/mol. The maximum absolute atomic E-state index is 11.2. The van der Waals surface area contributed by atoms with E-state index in [4.69, 9.17) is 23.2 Å². The highest BCUT2D eigenvalue weighted by atomic mass is 35.5. The first kappa shape index (κ1) is 21.1. The van der Waals surface area contributed by atoms with Crippen LogP contribution < -0.4 is 4.90 Å². The predicted molar refractivity (Wildman–Crippen MR) is 125 cm³/mol. The van der Waals surface area contributed by atoms with E-state index in [1.807, 2.05) is 18.2 Å². The summed E-state index contributed by atoms with van der Waals surface area (Å²) in [6.07, 6.45) is 4.08. The van der Waals surface area contributed by atoms with Crippen LogP contribution in [0.4, 0.5) is 5.69 Å². The van der Waals surface area contributed by atoms with Crippen LogP contribution in [0, 0.1) is 5.92 Å². The highest BCUT2D eigenvalue weighted by Crippen LogP contribution is 2.45. The normalized spacial score (nSPS) is 20.6. The third-order valence-electron chi connectivity index (χ3n) is 7.12. The number of aliphatic carboxylic acids is 1. The second-order valence-electron chi connectivity index (χ2n) is 9.29. The molecule has 1 aliphatic carbocycles. The zero-order chi connectivity index (χ0) is 21.5. The van der Waals surface area contributed by atoms with Crippen LogP contribution in [0.25, 0.3) is 0 Å². The van der Waals surface area contributed by atoms with Gasteiger partial charge in [-0.25, -0.2) is 0 Å². The van der Waals surface area contributed by atoms with Crippen molar-refractivity contribution in [1.82, 2.24) is 4.90 Å². The lowest BCUT2D eigenvalue weighted by Gasteiger charge is -2.42. The molecule has 0 unspecified atom stereocenters. The van der Waals surface area contributed by atoms with Crippen molar-refractivity contribution in [2.24, 2.45) is 5.92 Å². The molecule has 4 nitrogen and oxygen atoms in total. The Bertz CT molecular complexity index is 957. The molecular formula is C25H28Cl2N2O2.